The summed E-state index contributed by atoms with van der Waals surface area (Å²) in [6, 6.07) is 6.55. The van der Waals surface area contributed by atoms with Crippen LogP contribution in [0.15, 0.2) is 29.2 Å². The van der Waals surface area contributed by atoms with E-state index in [9.17, 15) is 8.42 Å². The van der Waals surface area contributed by atoms with Gasteiger partial charge in [0, 0.05) is 18.2 Å². The maximum absolute atomic E-state index is 11.4. The van der Waals surface area contributed by atoms with Crippen LogP contribution in [0.4, 0.5) is 0 Å². The fourth-order valence-electron chi connectivity index (χ4n) is 1.72. The van der Waals surface area contributed by atoms with Crippen LogP contribution >= 0.6 is 0 Å². The lowest BCUT2D eigenvalue weighted by molar-refractivity contribution is 0.176. The molecular formula is C15H25NO3S. The highest BCUT2D eigenvalue weighted by Crippen LogP contribution is 2.20. The molecule has 0 bridgehead atoms. The van der Waals surface area contributed by atoms with E-state index < -0.39 is 9.84 Å². The third kappa shape index (κ3) is 5.92. The van der Waals surface area contributed by atoms with Crippen molar-refractivity contribution in [2.45, 2.75) is 32.1 Å². The molecule has 1 aromatic rings. The smallest absolute Gasteiger partial charge is 0.175 e. The average molecular weight is 299 g/mol. The standard InChI is InChI=1S/C15H25NO3S/c1-5-10-16-11-15(2,3)12-19-13-6-8-14(9-7-13)20(4,17)18/h6-9,16H,5,10-12H2,1-4H3. The summed E-state index contributed by atoms with van der Waals surface area (Å²) < 4.78 is 28.5. The topological polar surface area (TPSA) is 55.4 Å². The monoisotopic (exact) mass is 299 g/mol. The Morgan fingerprint density at radius 3 is 2.30 bits per heavy atom. The van der Waals surface area contributed by atoms with Crippen molar-refractivity contribution >= 4 is 9.84 Å². The molecule has 0 radical (unpaired) electrons. The van der Waals surface area contributed by atoms with Gasteiger partial charge >= 0.3 is 0 Å². The van der Waals surface area contributed by atoms with E-state index in [1.54, 1.807) is 24.3 Å². The second-order valence-electron chi connectivity index (χ2n) is 5.87. The van der Waals surface area contributed by atoms with Crippen molar-refractivity contribution in [3.8, 4) is 5.75 Å². The van der Waals surface area contributed by atoms with Gasteiger partial charge in [-0.15, -0.1) is 0 Å². The normalized spacial score (nSPS) is 12.4. The molecule has 0 unspecified atom stereocenters. The average Bonchev–Trinajstić information content (AvgIpc) is 2.36. The van der Waals surface area contributed by atoms with Crippen LogP contribution in [-0.2, 0) is 9.84 Å². The minimum Gasteiger partial charge on any atom is -0.493 e. The molecule has 1 aromatic carbocycles. The maximum Gasteiger partial charge on any atom is 0.175 e. The summed E-state index contributed by atoms with van der Waals surface area (Å²) in [5, 5.41) is 3.38. The quantitative estimate of drug-likeness (QED) is 0.749. The number of hydrogen-bond acceptors (Lipinski definition) is 4. The molecule has 4 nitrogen and oxygen atoms in total. The number of ether oxygens (including phenoxy) is 1. The van der Waals surface area contributed by atoms with Gasteiger partial charge in [-0.1, -0.05) is 20.8 Å². The third-order valence-corrected chi connectivity index (χ3v) is 4.04. The highest BCUT2D eigenvalue weighted by Gasteiger charge is 2.18. The van der Waals surface area contributed by atoms with Crippen LogP contribution in [0.1, 0.15) is 27.2 Å². The van der Waals surface area contributed by atoms with Gasteiger partial charge in [0.25, 0.3) is 0 Å². The fraction of sp³-hybridized carbons (Fsp3) is 0.600. The zero-order chi connectivity index (χ0) is 15.2. The van der Waals surface area contributed by atoms with E-state index >= 15 is 0 Å². The Bertz CT molecular complexity index is 506. The number of rotatable bonds is 8. The van der Waals surface area contributed by atoms with Crippen LogP contribution < -0.4 is 10.1 Å². The molecule has 0 amide bonds. The van der Waals surface area contributed by atoms with Gasteiger partial charge in [0.05, 0.1) is 11.5 Å². The Kier molecular flexibility index (Phi) is 6.02. The number of sulfone groups is 1. The molecule has 0 saturated heterocycles. The Hall–Kier alpha value is -1.07. The van der Waals surface area contributed by atoms with E-state index in [0.717, 1.165) is 19.5 Å². The Morgan fingerprint density at radius 1 is 1.20 bits per heavy atom. The fourth-order valence-corrected chi connectivity index (χ4v) is 2.35. The van der Waals surface area contributed by atoms with Gasteiger partial charge in [-0.3, -0.25) is 0 Å². The zero-order valence-corrected chi connectivity index (χ0v) is 13.6. The van der Waals surface area contributed by atoms with E-state index in [1.807, 2.05) is 0 Å². The molecule has 114 valence electrons. The lowest BCUT2D eigenvalue weighted by atomic mass is 9.95. The van der Waals surface area contributed by atoms with Crippen molar-refractivity contribution in [1.82, 2.24) is 5.32 Å². The number of nitrogens with one attached hydrogen (secondary N) is 1. The first-order chi connectivity index (χ1) is 9.24. The highest BCUT2D eigenvalue weighted by atomic mass is 32.2. The van der Waals surface area contributed by atoms with Gasteiger partial charge < -0.3 is 10.1 Å². The lowest BCUT2D eigenvalue weighted by Crippen LogP contribution is -2.34. The first kappa shape index (κ1) is 17.0. The summed E-state index contributed by atoms with van der Waals surface area (Å²) in [6.45, 7) is 8.90. The Morgan fingerprint density at radius 2 is 1.80 bits per heavy atom. The van der Waals surface area contributed by atoms with Gasteiger partial charge in [0.15, 0.2) is 9.84 Å². The maximum atomic E-state index is 11.4. The van der Waals surface area contributed by atoms with Crippen LogP contribution in [0.3, 0.4) is 0 Å². The van der Waals surface area contributed by atoms with Gasteiger partial charge in [0.2, 0.25) is 0 Å². The van der Waals surface area contributed by atoms with Crippen molar-refractivity contribution in [2.24, 2.45) is 5.41 Å². The first-order valence-electron chi connectivity index (χ1n) is 6.88. The molecule has 0 saturated carbocycles. The van der Waals surface area contributed by atoms with Gasteiger partial charge in [-0.05, 0) is 37.2 Å². The zero-order valence-electron chi connectivity index (χ0n) is 12.8. The molecule has 5 heteroatoms. The van der Waals surface area contributed by atoms with Crippen molar-refractivity contribution in [3.63, 3.8) is 0 Å². The highest BCUT2D eigenvalue weighted by molar-refractivity contribution is 7.90. The largest absolute Gasteiger partial charge is 0.493 e. The summed E-state index contributed by atoms with van der Waals surface area (Å²) in [5.74, 6) is 0.695. The van der Waals surface area contributed by atoms with E-state index in [1.165, 1.54) is 6.26 Å². The molecule has 0 aliphatic carbocycles. The Labute approximate surface area is 122 Å². The summed E-state index contributed by atoms with van der Waals surface area (Å²) in [4.78, 5) is 0.314. The van der Waals surface area contributed by atoms with Gasteiger partial charge in [0.1, 0.15) is 5.75 Å². The molecular weight excluding hydrogens is 274 g/mol. The van der Waals surface area contributed by atoms with Crippen LogP contribution in [0.25, 0.3) is 0 Å². The summed E-state index contributed by atoms with van der Waals surface area (Å²) in [7, 11) is -3.14. The molecule has 0 heterocycles. The van der Waals surface area contributed by atoms with E-state index in [-0.39, 0.29) is 5.41 Å². The molecule has 1 N–H and O–H groups in total. The van der Waals surface area contributed by atoms with Crippen LogP contribution in [0.2, 0.25) is 0 Å². The van der Waals surface area contributed by atoms with Gasteiger partial charge in [-0.25, -0.2) is 8.42 Å². The van der Waals surface area contributed by atoms with Crippen molar-refractivity contribution < 1.29 is 13.2 Å². The predicted molar refractivity (Wildman–Crippen MR) is 82.0 cm³/mol. The lowest BCUT2D eigenvalue weighted by Gasteiger charge is -2.25. The second kappa shape index (κ2) is 7.09. The third-order valence-electron chi connectivity index (χ3n) is 2.91. The van der Waals surface area contributed by atoms with Crippen LogP contribution in [-0.4, -0.2) is 34.4 Å². The van der Waals surface area contributed by atoms with Crippen molar-refractivity contribution in [3.05, 3.63) is 24.3 Å². The van der Waals surface area contributed by atoms with E-state index in [4.69, 9.17) is 4.74 Å². The minimum atomic E-state index is -3.14. The second-order valence-corrected chi connectivity index (χ2v) is 7.89. The minimum absolute atomic E-state index is 0.0324. The molecule has 0 fully saturated rings. The molecule has 1 rings (SSSR count). The SMILES string of the molecule is CCCNCC(C)(C)COc1ccc(S(C)(=O)=O)cc1. The number of hydrogen-bond donors (Lipinski definition) is 1. The summed E-state index contributed by atoms with van der Waals surface area (Å²) in [5.41, 5.74) is 0.0324. The van der Waals surface area contributed by atoms with Crippen molar-refractivity contribution in [2.75, 3.05) is 26.0 Å². The van der Waals surface area contributed by atoms with Crippen LogP contribution in [0, 0.1) is 5.41 Å². The van der Waals surface area contributed by atoms with E-state index in [2.05, 4.69) is 26.1 Å². The predicted octanol–water partition coefficient (Wildman–Crippen LogP) is 2.49. The summed E-state index contributed by atoms with van der Waals surface area (Å²) >= 11 is 0. The molecule has 0 aliphatic heterocycles. The first-order valence-corrected chi connectivity index (χ1v) is 8.77. The number of benzene rings is 1. The molecule has 0 aliphatic rings. The van der Waals surface area contributed by atoms with E-state index in [0.29, 0.717) is 17.3 Å². The van der Waals surface area contributed by atoms with Gasteiger partial charge in [-0.2, -0.15) is 0 Å². The Balaban J connectivity index is 2.53. The molecule has 0 atom stereocenters. The van der Waals surface area contributed by atoms with Crippen molar-refractivity contribution in [1.29, 1.82) is 0 Å². The molecule has 20 heavy (non-hydrogen) atoms. The molecule has 0 aromatic heterocycles. The summed E-state index contributed by atoms with van der Waals surface area (Å²) in [6.07, 6.45) is 2.31. The van der Waals surface area contributed by atoms with Crippen LogP contribution in [0.5, 0.6) is 5.75 Å². The molecule has 0 spiro atoms.